The van der Waals surface area contributed by atoms with E-state index in [-0.39, 0.29) is 17.8 Å². The van der Waals surface area contributed by atoms with Crippen LogP contribution in [0, 0.1) is 5.82 Å². The summed E-state index contributed by atoms with van der Waals surface area (Å²) in [5, 5.41) is 2.92. The smallest absolute Gasteiger partial charge is 0.237 e. The molecular formula is C20H25FN2O2. The number of halogens is 1. The van der Waals surface area contributed by atoms with Crippen LogP contribution in [0.2, 0.25) is 0 Å². The number of amides is 1. The van der Waals surface area contributed by atoms with E-state index in [2.05, 4.69) is 5.32 Å². The lowest BCUT2D eigenvalue weighted by atomic mass is 10.1. The summed E-state index contributed by atoms with van der Waals surface area (Å²) in [5.41, 5.74) is 0.999. The van der Waals surface area contributed by atoms with Crippen LogP contribution in [0.3, 0.4) is 0 Å². The number of rotatable bonds is 9. The Bertz CT molecular complexity index is 647. The third kappa shape index (κ3) is 6.55. The van der Waals surface area contributed by atoms with Crippen LogP contribution in [0.4, 0.5) is 4.39 Å². The molecule has 1 atom stereocenters. The summed E-state index contributed by atoms with van der Waals surface area (Å²) < 4.78 is 18.5. The van der Waals surface area contributed by atoms with Crippen molar-refractivity contribution in [3.8, 4) is 5.75 Å². The van der Waals surface area contributed by atoms with E-state index in [0.29, 0.717) is 26.1 Å². The van der Waals surface area contributed by atoms with Gasteiger partial charge in [-0.15, -0.1) is 0 Å². The molecule has 2 rings (SSSR count). The Kier molecular flexibility index (Phi) is 7.41. The average molecular weight is 344 g/mol. The largest absolute Gasteiger partial charge is 0.492 e. The first-order chi connectivity index (χ1) is 12.1. The second-order valence-electron chi connectivity index (χ2n) is 5.99. The maximum atomic E-state index is 12.9. The van der Waals surface area contributed by atoms with Gasteiger partial charge in [0, 0.05) is 13.1 Å². The van der Waals surface area contributed by atoms with E-state index < -0.39 is 0 Å². The zero-order valence-electron chi connectivity index (χ0n) is 14.7. The van der Waals surface area contributed by atoms with Crippen molar-refractivity contribution in [1.82, 2.24) is 10.2 Å². The molecule has 0 radical (unpaired) electrons. The molecule has 1 unspecified atom stereocenters. The molecular weight excluding hydrogens is 319 g/mol. The van der Waals surface area contributed by atoms with Gasteiger partial charge in [-0.05, 0) is 50.2 Å². The van der Waals surface area contributed by atoms with E-state index in [1.54, 1.807) is 12.1 Å². The van der Waals surface area contributed by atoms with Crippen LogP contribution in [0.25, 0.3) is 0 Å². The molecule has 0 saturated heterocycles. The highest BCUT2D eigenvalue weighted by atomic mass is 19.1. The van der Waals surface area contributed by atoms with Crippen LogP contribution >= 0.6 is 0 Å². The van der Waals surface area contributed by atoms with E-state index in [1.807, 2.05) is 49.2 Å². The molecule has 2 aromatic carbocycles. The van der Waals surface area contributed by atoms with E-state index in [9.17, 15) is 9.18 Å². The number of hydrogen-bond acceptors (Lipinski definition) is 3. The Hall–Kier alpha value is -2.40. The fraction of sp³-hybridized carbons (Fsp3) is 0.350. The van der Waals surface area contributed by atoms with Gasteiger partial charge in [-0.3, -0.25) is 9.69 Å². The number of nitrogens with one attached hydrogen (secondary N) is 1. The first kappa shape index (κ1) is 18.9. The highest BCUT2D eigenvalue weighted by Crippen LogP contribution is 2.08. The SMILES string of the molecule is CC(C(=O)NCCc1ccc(F)cc1)N(C)CCOc1ccccc1. The van der Waals surface area contributed by atoms with Gasteiger partial charge in [0.1, 0.15) is 18.2 Å². The van der Waals surface area contributed by atoms with E-state index >= 15 is 0 Å². The first-order valence-electron chi connectivity index (χ1n) is 8.46. The van der Waals surface area contributed by atoms with Crippen LogP contribution < -0.4 is 10.1 Å². The van der Waals surface area contributed by atoms with Gasteiger partial charge in [-0.25, -0.2) is 4.39 Å². The fourth-order valence-electron chi connectivity index (χ4n) is 2.35. The number of ether oxygens (including phenoxy) is 1. The summed E-state index contributed by atoms with van der Waals surface area (Å²) in [7, 11) is 1.90. The van der Waals surface area contributed by atoms with Crippen molar-refractivity contribution in [2.45, 2.75) is 19.4 Å². The Morgan fingerprint density at radius 1 is 1.16 bits per heavy atom. The zero-order chi connectivity index (χ0) is 18.1. The molecule has 5 heteroatoms. The van der Waals surface area contributed by atoms with Crippen molar-refractivity contribution >= 4 is 5.91 Å². The minimum Gasteiger partial charge on any atom is -0.492 e. The molecule has 0 spiro atoms. The Labute approximate surface area is 148 Å². The van der Waals surface area contributed by atoms with E-state index in [1.165, 1.54) is 12.1 Å². The number of carbonyl (C=O) groups excluding carboxylic acids is 1. The lowest BCUT2D eigenvalue weighted by Gasteiger charge is -2.23. The predicted octanol–water partition coefficient (Wildman–Crippen LogP) is 2.88. The number of hydrogen-bond donors (Lipinski definition) is 1. The quantitative estimate of drug-likeness (QED) is 0.760. The van der Waals surface area contributed by atoms with Crippen LogP contribution in [-0.2, 0) is 11.2 Å². The molecule has 0 aromatic heterocycles. The summed E-state index contributed by atoms with van der Waals surface area (Å²) in [6.45, 7) is 3.58. The van der Waals surface area contributed by atoms with E-state index in [0.717, 1.165) is 11.3 Å². The monoisotopic (exact) mass is 344 g/mol. The lowest BCUT2D eigenvalue weighted by molar-refractivity contribution is -0.125. The minimum atomic E-state index is -0.249. The van der Waals surface area contributed by atoms with E-state index in [4.69, 9.17) is 4.74 Å². The summed E-state index contributed by atoms with van der Waals surface area (Å²) in [6, 6.07) is 15.7. The normalized spacial score (nSPS) is 12.0. The Balaban J connectivity index is 1.66. The Morgan fingerprint density at radius 2 is 1.84 bits per heavy atom. The van der Waals surface area contributed by atoms with Crippen molar-refractivity contribution in [3.05, 3.63) is 66.0 Å². The topological polar surface area (TPSA) is 41.6 Å². The first-order valence-corrected chi connectivity index (χ1v) is 8.46. The third-order valence-electron chi connectivity index (χ3n) is 4.12. The van der Waals surface area contributed by atoms with Gasteiger partial charge in [0.15, 0.2) is 0 Å². The summed E-state index contributed by atoms with van der Waals surface area (Å²) in [5.74, 6) is 0.553. The van der Waals surface area contributed by atoms with Crippen molar-refractivity contribution in [3.63, 3.8) is 0 Å². The van der Waals surface area contributed by atoms with Crippen molar-refractivity contribution in [2.24, 2.45) is 0 Å². The number of nitrogens with zero attached hydrogens (tertiary/aromatic N) is 1. The second-order valence-corrected chi connectivity index (χ2v) is 5.99. The van der Waals surface area contributed by atoms with Gasteiger partial charge in [0.05, 0.1) is 6.04 Å². The van der Waals surface area contributed by atoms with Gasteiger partial charge in [-0.2, -0.15) is 0 Å². The highest BCUT2D eigenvalue weighted by Gasteiger charge is 2.17. The molecule has 0 fully saturated rings. The molecule has 0 bridgehead atoms. The molecule has 0 aliphatic heterocycles. The van der Waals surface area contributed by atoms with Gasteiger partial charge in [-0.1, -0.05) is 30.3 Å². The lowest BCUT2D eigenvalue weighted by Crippen LogP contribution is -2.45. The van der Waals surface area contributed by atoms with Crippen molar-refractivity contribution in [2.75, 3.05) is 26.7 Å². The molecule has 0 aliphatic carbocycles. The van der Waals surface area contributed by atoms with Crippen LogP contribution in [0.5, 0.6) is 5.75 Å². The summed E-state index contributed by atoms with van der Waals surface area (Å²) in [6.07, 6.45) is 0.680. The number of carbonyl (C=O) groups is 1. The van der Waals surface area contributed by atoms with Crippen molar-refractivity contribution < 1.29 is 13.9 Å². The summed E-state index contributed by atoms with van der Waals surface area (Å²) in [4.78, 5) is 14.2. The maximum Gasteiger partial charge on any atom is 0.237 e. The molecule has 1 amide bonds. The van der Waals surface area contributed by atoms with Crippen LogP contribution in [0.1, 0.15) is 12.5 Å². The minimum absolute atomic E-state index is 0.0238. The molecule has 1 N–H and O–H groups in total. The van der Waals surface area contributed by atoms with Gasteiger partial charge < -0.3 is 10.1 Å². The number of para-hydroxylation sites is 1. The predicted molar refractivity (Wildman–Crippen MR) is 97.1 cm³/mol. The van der Waals surface area contributed by atoms with Crippen molar-refractivity contribution in [1.29, 1.82) is 0 Å². The molecule has 0 aliphatic rings. The number of benzene rings is 2. The zero-order valence-corrected chi connectivity index (χ0v) is 14.7. The fourth-order valence-corrected chi connectivity index (χ4v) is 2.35. The number of likely N-dealkylation sites (N-methyl/N-ethyl adjacent to an activating group) is 1. The van der Waals surface area contributed by atoms with Gasteiger partial charge in [0.2, 0.25) is 5.91 Å². The average Bonchev–Trinajstić information content (AvgIpc) is 2.63. The van der Waals surface area contributed by atoms with Gasteiger partial charge >= 0.3 is 0 Å². The third-order valence-corrected chi connectivity index (χ3v) is 4.12. The molecule has 25 heavy (non-hydrogen) atoms. The molecule has 0 saturated carbocycles. The molecule has 134 valence electrons. The van der Waals surface area contributed by atoms with Crippen LogP contribution in [0.15, 0.2) is 54.6 Å². The maximum absolute atomic E-state index is 12.9. The second kappa shape index (κ2) is 9.79. The molecule has 2 aromatic rings. The molecule has 4 nitrogen and oxygen atoms in total. The van der Waals surface area contributed by atoms with Gasteiger partial charge in [0.25, 0.3) is 0 Å². The highest BCUT2D eigenvalue weighted by molar-refractivity contribution is 5.81. The summed E-state index contributed by atoms with van der Waals surface area (Å²) >= 11 is 0. The molecule has 0 heterocycles. The Morgan fingerprint density at radius 3 is 2.52 bits per heavy atom. The standard InChI is InChI=1S/C20H25FN2O2/c1-16(23(2)14-15-25-19-6-4-3-5-7-19)20(24)22-13-12-17-8-10-18(21)11-9-17/h3-11,16H,12-15H2,1-2H3,(H,22,24). The van der Waals surface area contributed by atoms with Crippen LogP contribution in [-0.4, -0.2) is 43.6 Å².